The molecule has 0 bridgehead atoms. The Morgan fingerprint density at radius 1 is 1.03 bits per heavy atom. The minimum Gasteiger partial charge on any atom is -0.493 e. The zero-order valence-corrected chi connectivity index (χ0v) is 20.2. The van der Waals surface area contributed by atoms with Crippen LogP contribution in [0.4, 0.5) is 4.79 Å². The number of hydrogen-bond acceptors (Lipinski definition) is 5. The molecular weight excluding hydrogens is 430 g/mol. The van der Waals surface area contributed by atoms with E-state index < -0.39 is 17.6 Å². The lowest BCUT2D eigenvalue weighted by atomic mass is 9.83. The summed E-state index contributed by atoms with van der Waals surface area (Å²) in [6, 6.07) is 13.9. The molecule has 1 heterocycles. The molecule has 182 valence electrons. The van der Waals surface area contributed by atoms with Crippen LogP contribution in [0.15, 0.2) is 42.5 Å². The van der Waals surface area contributed by atoms with Crippen LogP contribution in [0.5, 0.6) is 11.5 Å². The van der Waals surface area contributed by atoms with Gasteiger partial charge >= 0.3 is 6.09 Å². The number of imide groups is 1. The predicted molar refractivity (Wildman–Crippen MR) is 130 cm³/mol. The molecule has 2 aromatic rings. The summed E-state index contributed by atoms with van der Waals surface area (Å²) in [5, 5.41) is 2.18. The molecule has 0 spiro atoms. The average molecular weight is 466 g/mol. The second-order valence-corrected chi connectivity index (χ2v) is 9.41. The summed E-state index contributed by atoms with van der Waals surface area (Å²) in [4.78, 5) is 23.6. The third-order valence-corrected chi connectivity index (χ3v) is 6.83. The summed E-state index contributed by atoms with van der Waals surface area (Å²) < 4.78 is 17.2. The van der Waals surface area contributed by atoms with Gasteiger partial charge in [-0.05, 0) is 61.4 Å². The van der Waals surface area contributed by atoms with Crippen LogP contribution in [0.25, 0.3) is 0 Å². The van der Waals surface area contributed by atoms with E-state index in [9.17, 15) is 9.59 Å². The van der Waals surface area contributed by atoms with E-state index in [1.54, 1.807) is 25.1 Å². The quantitative estimate of drug-likeness (QED) is 0.435. The van der Waals surface area contributed by atoms with Gasteiger partial charge in [0.25, 0.3) is 5.91 Å². The molecule has 34 heavy (non-hydrogen) atoms. The number of aryl methyl sites for hydroxylation is 1. The fraction of sp³-hybridized carbons (Fsp3) is 0.500. The summed E-state index contributed by atoms with van der Waals surface area (Å²) in [5.74, 6) is 1.83. The fourth-order valence-corrected chi connectivity index (χ4v) is 4.87. The molecule has 2 aromatic carbocycles. The Morgan fingerprint density at radius 3 is 2.56 bits per heavy atom. The molecule has 1 saturated carbocycles. The van der Waals surface area contributed by atoms with E-state index in [2.05, 4.69) is 30.4 Å². The van der Waals surface area contributed by atoms with Gasteiger partial charge in [0.1, 0.15) is 11.5 Å². The maximum absolute atomic E-state index is 12.1. The Morgan fingerprint density at radius 2 is 1.82 bits per heavy atom. The topological polar surface area (TPSA) is 73.9 Å². The summed E-state index contributed by atoms with van der Waals surface area (Å²) in [5.41, 5.74) is 2.01. The first-order valence-corrected chi connectivity index (χ1v) is 12.5. The molecule has 6 nitrogen and oxygen atoms in total. The van der Waals surface area contributed by atoms with Crippen molar-refractivity contribution in [2.45, 2.75) is 76.7 Å². The van der Waals surface area contributed by atoms with Gasteiger partial charge in [0.05, 0.1) is 13.2 Å². The highest BCUT2D eigenvalue weighted by atomic mass is 16.6. The minimum absolute atomic E-state index is 0.472. The number of benzene rings is 2. The maximum Gasteiger partial charge on any atom is 0.415 e. The van der Waals surface area contributed by atoms with Crippen molar-refractivity contribution in [3.63, 3.8) is 0 Å². The molecule has 2 amide bonds. The molecule has 0 radical (unpaired) electrons. The van der Waals surface area contributed by atoms with Gasteiger partial charge in [0.2, 0.25) is 5.60 Å². The maximum atomic E-state index is 12.1. The van der Waals surface area contributed by atoms with Crippen LogP contribution < -0.4 is 14.8 Å². The number of amides is 2. The van der Waals surface area contributed by atoms with Crippen molar-refractivity contribution in [2.75, 3.05) is 13.2 Å². The summed E-state index contributed by atoms with van der Waals surface area (Å²) >= 11 is 0. The molecule has 1 unspecified atom stereocenters. The highest BCUT2D eigenvalue weighted by molar-refractivity contribution is 6.03. The summed E-state index contributed by atoms with van der Waals surface area (Å²) in [6.07, 6.45) is 8.77. The Kier molecular flexibility index (Phi) is 7.76. The Bertz CT molecular complexity index is 1010. The number of hydrogen-bond donors (Lipinski definition) is 1. The van der Waals surface area contributed by atoms with Crippen molar-refractivity contribution < 1.29 is 23.8 Å². The number of ether oxygens (including phenoxy) is 3. The molecule has 6 heteroatoms. The van der Waals surface area contributed by atoms with Gasteiger partial charge in [-0.15, -0.1) is 0 Å². The Hall–Kier alpha value is -3.02. The number of alkyl carbamates (subject to hydrolysis) is 1. The van der Waals surface area contributed by atoms with Gasteiger partial charge in [-0.3, -0.25) is 10.1 Å². The molecule has 2 aliphatic rings. The number of cyclic esters (lactones) is 1. The zero-order valence-electron chi connectivity index (χ0n) is 20.2. The van der Waals surface area contributed by atoms with E-state index in [-0.39, 0.29) is 0 Å². The van der Waals surface area contributed by atoms with E-state index >= 15 is 0 Å². The van der Waals surface area contributed by atoms with Crippen molar-refractivity contribution in [1.82, 2.24) is 5.32 Å². The molecule has 1 N–H and O–H groups in total. The second-order valence-electron chi connectivity index (χ2n) is 9.41. The SMILES string of the molecule is CCCc1cc(C2CCCCC2)ccc1OCCCOc1cccc(C2(C)OC(=O)NC2=O)c1. The molecular formula is C28H35NO5. The van der Waals surface area contributed by atoms with Crippen LogP contribution in [0.2, 0.25) is 0 Å². The van der Waals surface area contributed by atoms with Crippen molar-refractivity contribution in [3.8, 4) is 11.5 Å². The van der Waals surface area contributed by atoms with E-state index in [0.717, 1.165) is 25.0 Å². The first-order valence-electron chi connectivity index (χ1n) is 12.5. The van der Waals surface area contributed by atoms with Gasteiger partial charge in [0.15, 0.2) is 0 Å². The number of carbonyl (C=O) groups excluding carboxylic acids is 2. The van der Waals surface area contributed by atoms with Crippen LogP contribution in [0.3, 0.4) is 0 Å². The predicted octanol–water partition coefficient (Wildman–Crippen LogP) is 6.02. The van der Waals surface area contributed by atoms with E-state index in [4.69, 9.17) is 14.2 Å². The monoisotopic (exact) mass is 465 g/mol. The average Bonchev–Trinajstić information content (AvgIpc) is 3.12. The van der Waals surface area contributed by atoms with Crippen LogP contribution >= 0.6 is 0 Å². The van der Waals surface area contributed by atoms with Gasteiger partial charge in [0, 0.05) is 12.0 Å². The van der Waals surface area contributed by atoms with Crippen molar-refractivity contribution in [1.29, 1.82) is 0 Å². The molecule has 4 rings (SSSR count). The molecule has 0 aromatic heterocycles. The molecule has 1 atom stereocenters. The smallest absolute Gasteiger partial charge is 0.415 e. The van der Waals surface area contributed by atoms with E-state index in [1.165, 1.54) is 43.2 Å². The van der Waals surface area contributed by atoms with Gasteiger partial charge in [-0.1, -0.05) is 56.9 Å². The number of rotatable bonds is 10. The van der Waals surface area contributed by atoms with Gasteiger partial charge in [-0.2, -0.15) is 0 Å². The van der Waals surface area contributed by atoms with Crippen molar-refractivity contribution in [3.05, 3.63) is 59.2 Å². The highest BCUT2D eigenvalue weighted by Gasteiger charge is 2.46. The first kappa shape index (κ1) is 24.1. The van der Waals surface area contributed by atoms with E-state index in [1.807, 2.05) is 6.07 Å². The van der Waals surface area contributed by atoms with E-state index in [0.29, 0.717) is 30.4 Å². The van der Waals surface area contributed by atoms with Crippen LogP contribution in [0, 0.1) is 0 Å². The lowest BCUT2D eigenvalue weighted by Crippen LogP contribution is -2.33. The lowest BCUT2D eigenvalue weighted by Gasteiger charge is -2.23. The standard InChI is InChI=1S/C28H35NO5/c1-3-9-22-18-21(20-10-5-4-6-11-20)14-15-25(22)33-17-8-16-32-24-13-7-12-23(19-24)28(2)26(30)29-27(31)34-28/h7,12-15,18-20H,3-6,8-11,16-17H2,1-2H3,(H,29,30,31). The lowest BCUT2D eigenvalue weighted by molar-refractivity contribution is -0.130. The van der Waals surface area contributed by atoms with Crippen molar-refractivity contribution in [2.24, 2.45) is 0 Å². The van der Waals surface area contributed by atoms with Crippen LogP contribution in [-0.2, 0) is 21.6 Å². The van der Waals surface area contributed by atoms with Crippen molar-refractivity contribution >= 4 is 12.0 Å². The number of nitrogens with one attached hydrogen (secondary N) is 1. The van der Waals surface area contributed by atoms with Gasteiger partial charge < -0.3 is 14.2 Å². The molecule has 1 aliphatic carbocycles. The van der Waals surface area contributed by atoms with Crippen LogP contribution in [0.1, 0.15) is 81.4 Å². The van der Waals surface area contributed by atoms with Crippen LogP contribution in [-0.4, -0.2) is 25.2 Å². The first-order chi connectivity index (χ1) is 16.5. The third-order valence-electron chi connectivity index (χ3n) is 6.83. The highest BCUT2D eigenvalue weighted by Crippen LogP contribution is 2.35. The third kappa shape index (κ3) is 5.54. The Balaban J connectivity index is 1.29. The summed E-state index contributed by atoms with van der Waals surface area (Å²) in [7, 11) is 0. The fourth-order valence-electron chi connectivity index (χ4n) is 4.87. The molecule has 1 saturated heterocycles. The minimum atomic E-state index is -1.33. The zero-order chi connectivity index (χ0) is 24.0. The molecule has 2 fully saturated rings. The normalized spacial score (nSPS) is 20.6. The van der Waals surface area contributed by atoms with Gasteiger partial charge in [-0.25, -0.2) is 4.79 Å². The Labute approximate surface area is 202 Å². The number of carbonyl (C=O) groups is 2. The molecule has 1 aliphatic heterocycles. The largest absolute Gasteiger partial charge is 0.493 e. The second kappa shape index (κ2) is 10.9. The summed E-state index contributed by atoms with van der Waals surface area (Å²) in [6.45, 7) is 4.83.